The Balaban J connectivity index is 1.58. The summed E-state index contributed by atoms with van der Waals surface area (Å²) in [4.78, 5) is 23.4. The van der Waals surface area contributed by atoms with Crippen molar-refractivity contribution in [2.45, 2.75) is 25.4 Å². The molecule has 0 saturated carbocycles. The molecule has 0 aromatic heterocycles. The first-order valence-electron chi connectivity index (χ1n) is 7.19. The topological polar surface area (TPSA) is 76.7 Å². The minimum atomic E-state index is -0.360. The molecule has 1 heterocycles. The van der Waals surface area contributed by atoms with Crippen LogP contribution in [0.2, 0.25) is 0 Å². The van der Waals surface area contributed by atoms with E-state index in [2.05, 4.69) is 26.8 Å². The highest BCUT2D eigenvalue weighted by Gasteiger charge is 2.15. The summed E-state index contributed by atoms with van der Waals surface area (Å²) in [5.41, 5.74) is 5.20. The molecule has 2 amide bonds. The normalized spacial score (nSPS) is 17.2. The van der Waals surface area contributed by atoms with Crippen LogP contribution in [-0.4, -0.2) is 37.7 Å². The molecule has 1 aliphatic heterocycles. The molecule has 6 nitrogen and oxygen atoms in total. The van der Waals surface area contributed by atoms with Crippen LogP contribution in [0.4, 0.5) is 0 Å². The summed E-state index contributed by atoms with van der Waals surface area (Å²) in [5.74, 6) is -0.654. The minimum Gasteiger partial charge on any atom is -0.378 e. The Morgan fingerprint density at radius 3 is 2.73 bits per heavy atom. The highest BCUT2D eigenvalue weighted by Crippen LogP contribution is 2.12. The van der Waals surface area contributed by atoms with Gasteiger partial charge in [0.15, 0.2) is 0 Å². The van der Waals surface area contributed by atoms with Crippen molar-refractivity contribution in [2.24, 2.45) is 0 Å². The van der Waals surface area contributed by atoms with Gasteiger partial charge in [0, 0.05) is 16.6 Å². The molecule has 1 aromatic carbocycles. The number of hydrogen-bond donors (Lipinski definition) is 2. The van der Waals surface area contributed by atoms with Gasteiger partial charge in [0.1, 0.15) is 0 Å². The Hall–Kier alpha value is -1.44. The third-order valence-electron chi connectivity index (χ3n) is 3.22. The number of ether oxygens (including phenoxy) is 2. The van der Waals surface area contributed by atoms with Crippen molar-refractivity contribution < 1.29 is 19.1 Å². The lowest BCUT2D eigenvalue weighted by Crippen LogP contribution is -2.42. The summed E-state index contributed by atoms with van der Waals surface area (Å²) in [6, 6.07) is 6.85. The highest BCUT2D eigenvalue weighted by molar-refractivity contribution is 9.10. The van der Waals surface area contributed by atoms with Gasteiger partial charge in [0.2, 0.25) is 5.91 Å². The molecule has 2 rings (SSSR count). The lowest BCUT2D eigenvalue weighted by atomic mass is 10.2. The summed E-state index contributed by atoms with van der Waals surface area (Å²) in [6.07, 6.45) is 2.42. The van der Waals surface area contributed by atoms with Crippen molar-refractivity contribution in [1.82, 2.24) is 10.9 Å². The molecule has 22 heavy (non-hydrogen) atoms. The van der Waals surface area contributed by atoms with Crippen molar-refractivity contribution in [1.29, 1.82) is 0 Å². The van der Waals surface area contributed by atoms with E-state index < -0.39 is 0 Å². The fraction of sp³-hybridized carbons (Fsp3) is 0.467. The molecule has 1 atom stereocenters. The molecule has 2 N–H and O–H groups in total. The van der Waals surface area contributed by atoms with E-state index in [-0.39, 0.29) is 24.3 Å². The van der Waals surface area contributed by atoms with Gasteiger partial charge in [-0.1, -0.05) is 15.9 Å². The number of rotatable bonds is 6. The Kier molecular flexibility index (Phi) is 6.82. The number of halogens is 1. The first kappa shape index (κ1) is 16.9. The molecular weight excluding hydrogens is 352 g/mol. The highest BCUT2D eigenvalue weighted by atomic mass is 79.9. The van der Waals surface area contributed by atoms with Gasteiger partial charge in [-0.2, -0.15) is 0 Å². The number of carbonyl (C=O) groups excluding carboxylic acids is 2. The predicted octanol–water partition coefficient (Wildman–Crippen LogP) is 1.80. The van der Waals surface area contributed by atoms with Gasteiger partial charge in [-0.15, -0.1) is 0 Å². The van der Waals surface area contributed by atoms with E-state index in [0.717, 1.165) is 23.9 Å². The average molecular weight is 371 g/mol. The summed E-state index contributed by atoms with van der Waals surface area (Å²) in [5, 5.41) is 0. The van der Waals surface area contributed by atoms with E-state index in [1.807, 2.05) is 0 Å². The Morgan fingerprint density at radius 1 is 1.27 bits per heavy atom. The van der Waals surface area contributed by atoms with E-state index in [1.165, 1.54) is 0 Å². The third kappa shape index (κ3) is 5.75. The molecular formula is C15H19BrN2O4. The zero-order chi connectivity index (χ0) is 15.8. The summed E-state index contributed by atoms with van der Waals surface area (Å²) < 4.78 is 11.7. The molecule has 0 spiro atoms. The van der Waals surface area contributed by atoms with Crippen LogP contribution in [0, 0.1) is 0 Å². The molecule has 1 fully saturated rings. The summed E-state index contributed by atoms with van der Waals surface area (Å²) in [6.45, 7) is 1.61. The maximum atomic E-state index is 11.8. The first-order chi connectivity index (χ1) is 10.6. The van der Waals surface area contributed by atoms with Crippen LogP contribution in [0.15, 0.2) is 28.7 Å². The van der Waals surface area contributed by atoms with Gasteiger partial charge in [-0.3, -0.25) is 20.4 Å². The maximum Gasteiger partial charge on any atom is 0.269 e. The van der Waals surface area contributed by atoms with Gasteiger partial charge < -0.3 is 9.47 Å². The predicted molar refractivity (Wildman–Crippen MR) is 84.2 cm³/mol. The molecule has 0 bridgehead atoms. The number of carbonyl (C=O) groups is 2. The van der Waals surface area contributed by atoms with Crippen molar-refractivity contribution in [3.05, 3.63) is 34.3 Å². The molecule has 120 valence electrons. The van der Waals surface area contributed by atoms with Crippen molar-refractivity contribution >= 4 is 27.7 Å². The van der Waals surface area contributed by atoms with E-state index in [4.69, 9.17) is 9.47 Å². The van der Waals surface area contributed by atoms with Gasteiger partial charge >= 0.3 is 0 Å². The summed E-state index contributed by atoms with van der Waals surface area (Å²) in [7, 11) is 0. The average Bonchev–Trinajstić information content (AvgIpc) is 3.03. The van der Waals surface area contributed by atoms with Crippen molar-refractivity contribution in [3.8, 4) is 0 Å². The van der Waals surface area contributed by atoms with Gasteiger partial charge in [-0.25, -0.2) is 0 Å². The second-order valence-electron chi connectivity index (χ2n) is 4.97. The fourth-order valence-electron chi connectivity index (χ4n) is 2.02. The number of amides is 2. The quantitative estimate of drug-likeness (QED) is 0.591. The zero-order valence-corrected chi connectivity index (χ0v) is 13.7. The second kappa shape index (κ2) is 8.87. The number of benzene rings is 1. The Labute approximate surface area is 137 Å². The number of hydrazine groups is 1. The van der Waals surface area contributed by atoms with Crippen LogP contribution in [0.3, 0.4) is 0 Å². The Morgan fingerprint density at radius 2 is 2.05 bits per heavy atom. The smallest absolute Gasteiger partial charge is 0.269 e. The van der Waals surface area contributed by atoms with Crippen molar-refractivity contribution in [3.63, 3.8) is 0 Å². The largest absolute Gasteiger partial charge is 0.378 e. The SMILES string of the molecule is O=C(CCOCC1CCCO1)NNC(=O)c1ccc(Br)cc1. The van der Waals surface area contributed by atoms with Crippen LogP contribution in [0.25, 0.3) is 0 Å². The van der Waals surface area contributed by atoms with Crippen LogP contribution in [0.1, 0.15) is 29.6 Å². The Bertz CT molecular complexity index is 501. The molecule has 0 aliphatic carbocycles. The number of nitrogens with one attached hydrogen (secondary N) is 2. The second-order valence-corrected chi connectivity index (χ2v) is 5.88. The van der Waals surface area contributed by atoms with E-state index in [9.17, 15) is 9.59 Å². The monoisotopic (exact) mass is 370 g/mol. The van der Waals surface area contributed by atoms with Gasteiger partial charge in [0.05, 0.1) is 25.7 Å². The molecule has 1 unspecified atom stereocenters. The van der Waals surface area contributed by atoms with Gasteiger partial charge in [-0.05, 0) is 37.1 Å². The van der Waals surface area contributed by atoms with Gasteiger partial charge in [0.25, 0.3) is 5.91 Å². The van der Waals surface area contributed by atoms with Crippen molar-refractivity contribution in [2.75, 3.05) is 19.8 Å². The molecule has 1 saturated heterocycles. The van der Waals surface area contributed by atoms with Crippen LogP contribution < -0.4 is 10.9 Å². The number of hydrogen-bond acceptors (Lipinski definition) is 4. The minimum absolute atomic E-state index is 0.153. The fourth-order valence-corrected chi connectivity index (χ4v) is 2.28. The maximum absolute atomic E-state index is 11.8. The van der Waals surface area contributed by atoms with Crippen LogP contribution >= 0.6 is 15.9 Å². The first-order valence-corrected chi connectivity index (χ1v) is 7.98. The molecule has 1 aromatic rings. The zero-order valence-electron chi connectivity index (χ0n) is 12.1. The summed E-state index contributed by atoms with van der Waals surface area (Å²) >= 11 is 3.29. The van der Waals surface area contributed by atoms with Crippen LogP contribution in [-0.2, 0) is 14.3 Å². The lowest BCUT2D eigenvalue weighted by molar-refractivity contribution is -0.123. The molecule has 0 radical (unpaired) electrons. The van der Waals surface area contributed by atoms with Crippen LogP contribution in [0.5, 0.6) is 0 Å². The van der Waals surface area contributed by atoms with E-state index >= 15 is 0 Å². The lowest BCUT2D eigenvalue weighted by Gasteiger charge is -2.10. The molecule has 1 aliphatic rings. The third-order valence-corrected chi connectivity index (χ3v) is 3.75. The standard InChI is InChI=1S/C15H19BrN2O4/c16-12-5-3-11(4-6-12)15(20)18-17-14(19)7-9-21-10-13-2-1-8-22-13/h3-6,13H,1-2,7-10H2,(H,17,19)(H,18,20). The van der Waals surface area contributed by atoms with E-state index in [0.29, 0.717) is 18.8 Å². The molecule has 7 heteroatoms. The van der Waals surface area contributed by atoms with E-state index in [1.54, 1.807) is 24.3 Å².